The van der Waals surface area contributed by atoms with Gasteiger partial charge in [0.2, 0.25) is 0 Å². The molecule has 0 radical (unpaired) electrons. The van der Waals surface area contributed by atoms with Gasteiger partial charge in [0.1, 0.15) is 11.9 Å². The van der Waals surface area contributed by atoms with E-state index in [0.29, 0.717) is 24.5 Å². The Morgan fingerprint density at radius 3 is 2.68 bits per heavy atom. The Labute approximate surface area is 113 Å². The molecule has 0 unspecified atom stereocenters. The van der Waals surface area contributed by atoms with Gasteiger partial charge in [-0.2, -0.15) is 0 Å². The Kier molecular flexibility index (Phi) is 5.44. The van der Waals surface area contributed by atoms with Crippen LogP contribution in [0.3, 0.4) is 0 Å². The van der Waals surface area contributed by atoms with Crippen molar-refractivity contribution in [2.24, 2.45) is 5.73 Å². The molecule has 0 aromatic heterocycles. The number of primary amides is 1. The maximum Gasteiger partial charge on any atom is 0.404 e. The first-order valence-corrected chi connectivity index (χ1v) is 5.99. The molecule has 0 saturated heterocycles. The molecule has 0 aliphatic carbocycles. The molecule has 0 aliphatic heterocycles. The van der Waals surface area contributed by atoms with Crippen LogP contribution in [-0.4, -0.2) is 37.8 Å². The number of nitrogens with two attached hydrogens (primary N) is 2. The van der Waals surface area contributed by atoms with E-state index in [9.17, 15) is 4.79 Å². The Morgan fingerprint density at radius 2 is 2.16 bits per heavy atom. The van der Waals surface area contributed by atoms with Gasteiger partial charge in [-0.25, -0.2) is 4.79 Å². The largest absolute Gasteiger partial charge is 0.495 e. The minimum Gasteiger partial charge on any atom is -0.495 e. The molecule has 1 atom stereocenters. The highest BCUT2D eigenvalue weighted by Crippen LogP contribution is 2.22. The van der Waals surface area contributed by atoms with Crippen LogP contribution in [0.5, 0.6) is 5.75 Å². The Morgan fingerprint density at radius 1 is 1.47 bits per heavy atom. The van der Waals surface area contributed by atoms with E-state index >= 15 is 0 Å². The average Bonchev–Trinajstić information content (AvgIpc) is 2.27. The molecule has 0 heterocycles. The summed E-state index contributed by atoms with van der Waals surface area (Å²) in [6.07, 6.45) is -1.01. The number of hydrogen-bond donors (Lipinski definition) is 2. The molecule has 0 bridgehead atoms. The third kappa shape index (κ3) is 5.05. The van der Waals surface area contributed by atoms with Crippen LogP contribution in [0.15, 0.2) is 18.2 Å². The van der Waals surface area contributed by atoms with Crippen LogP contribution in [0, 0.1) is 0 Å². The van der Waals surface area contributed by atoms with Crippen LogP contribution in [0.4, 0.5) is 10.5 Å². The number of carbonyl (C=O) groups is 1. The topological polar surface area (TPSA) is 90.8 Å². The molecule has 0 fully saturated rings. The fourth-order valence-corrected chi connectivity index (χ4v) is 1.93. The molecule has 19 heavy (non-hydrogen) atoms. The van der Waals surface area contributed by atoms with Crippen molar-refractivity contribution in [3.63, 3.8) is 0 Å². The lowest BCUT2D eigenvalue weighted by atomic mass is 10.1. The predicted molar refractivity (Wildman–Crippen MR) is 73.9 cm³/mol. The van der Waals surface area contributed by atoms with E-state index in [2.05, 4.69) is 0 Å². The number of nitrogen functional groups attached to an aromatic ring is 1. The predicted octanol–water partition coefficient (Wildman–Crippen LogP) is 1.19. The SMILES string of the molecule is COc1ccc(CN(C)C[C@@H](C)OC(N)=O)cc1N. The number of carbonyl (C=O) groups excluding carboxylic acids is 1. The van der Waals surface area contributed by atoms with Crippen LogP contribution >= 0.6 is 0 Å². The lowest BCUT2D eigenvalue weighted by Crippen LogP contribution is -2.32. The van der Waals surface area contributed by atoms with E-state index in [1.165, 1.54) is 0 Å². The van der Waals surface area contributed by atoms with Gasteiger partial charge in [-0.15, -0.1) is 0 Å². The van der Waals surface area contributed by atoms with E-state index in [4.69, 9.17) is 20.9 Å². The van der Waals surface area contributed by atoms with E-state index in [1.54, 1.807) is 14.0 Å². The lowest BCUT2D eigenvalue weighted by molar-refractivity contribution is 0.0919. The van der Waals surface area contributed by atoms with Crippen LogP contribution in [0.2, 0.25) is 0 Å². The van der Waals surface area contributed by atoms with Crippen molar-refractivity contribution in [3.8, 4) is 5.75 Å². The number of methoxy groups -OCH3 is 1. The van der Waals surface area contributed by atoms with E-state index in [1.807, 2.05) is 30.1 Å². The van der Waals surface area contributed by atoms with Gasteiger partial charge in [-0.05, 0) is 31.7 Å². The van der Waals surface area contributed by atoms with Crippen LogP contribution in [0.1, 0.15) is 12.5 Å². The number of likely N-dealkylation sites (N-methyl/N-ethyl adjacent to an activating group) is 1. The van der Waals surface area contributed by atoms with Crippen molar-refractivity contribution in [3.05, 3.63) is 23.8 Å². The zero-order chi connectivity index (χ0) is 14.4. The molecule has 0 spiro atoms. The third-order valence-corrected chi connectivity index (χ3v) is 2.63. The van der Waals surface area contributed by atoms with Crippen LogP contribution < -0.4 is 16.2 Å². The van der Waals surface area contributed by atoms with Gasteiger partial charge in [-0.3, -0.25) is 4.90 Å². The molecular weight excluding hydrogens is 246 g/mol. The minimum atomic E-state index is -0.755. The molecule has 6 heteroatoms. The number of anilines is 1. The highest BCUT2D eigenvalue weighted by atomic mass is 16.6. The first-order valence-electron chi connectivity index (χ1n) is 5.99. The van der Waals surface area contributed by atoms with Crippen molar-refractivity contribution in [2.75, 3.05) is 26.4 Å². The zero-order valence-electron chi connectivity index (χ0n) is 11.6. The summed E-state index contributed by atoms with van der Waals surface area (Å²) in [4.78, 5) is 12.6. The molecule has 1 amide bonds. The average molecular weight is 267 g/mol. The fourth-order valence-electron chi connectivity index (χ4n) is 1.93. The first kappa shape index (κ1) is 15.1. The number of nitrogens with zero attached hydrogens (tertiary/aromatic N) is 1. The van der Waals surface area contributed by atoms with Crippen LogP contribution in [0.25, 0.3) is 0 Å². The van der Waals surface area contributed by atoms with Gasteiger partial charge in [0, 0.05) is 13.1 Å². The molecule has 0 aliphatic rings. The Bertz CT molecular complexity index is 437. The molecule has 106 valence electrons. The van der Waals surface area contributed by atoms with Gasteiger partial charge in [0.25, 0.3) is 0 Å². The highest BCUT2D eigenvalue weighted by molar-refractivity contribution is 5.64. The van der Waals surface area contributed by atoms with E-state index in [-0.39, 0.29) is 6.10 Å². The second-order valence-electron chi connectivity index (χ2n) is 4.52. The molecule has 1 aromatic rings. The van der Waals surface area contributed by atoms with Gasteiger partial charge in [-0.1, -0.05) is 6.07 Å². The fraction of sp³-hybridized carbons (Fsp3) is 0.462. The van der Waals surface area contributed by atoms with E-state index in [0.717, 1.165) is 5.56 Å². The minimum absolute atomic E-state index is 0.252. The second kappa shape index (κ2) is 6.84. The zero-order valence-corrected chi connectivity index (χ0v) is 11.6. The summed E-state index contributed by atoms with van der Waals surface area (Å²) in [5.74, 6) is 0.664. The van der Waals surface area contributed by atoms with Gasteiger partial charge >= 0.3 is 6.09 Å². The second-order valence-corrected chi connectivity index (χ2v) is 4.52. The molecule has 4 N–H and O–H groups in total. The molecule has 1 aromatic carbocycles. The van der Waals surface area contributed by atoms with Crippen molar-refractivity contribution < 1.29 is 14.3 Å². The molecule has 1 rings (SSSR count). The van der Waals surface area contributed by atoms with Crippen molar-refractivity contribution in [1.82, 2.24) is 4.90 Å². The molecule has 0 saturated carbocycles. The summed E-state index contributed by atoms with van der Waals surface area (Å²) < 4.78 is 9.97. The number of rotatable bonds is 6. The molecule has 6 nitrogen and oxygen atoms in total. The van der Waals surface area contributed by atoms with Crippen molar-refractivity contribution in [1.29, 1.82) is 0 Å². The number of ether oxygens (including phenoxy) is 2. The van der Waals surface area contributed by atoms with E-state index < -0.39 is 6.09 Å². The third-order valence-electron chi connectivity index (χ3n) is 2.63. The summed E-state index contributed by atoms with van der Waals surface area (Å²) >= 11 is 0. The van der Waals surface area contributed by atoms with Crippen LogP contribution in [-0.2, 0) is 11.3 Å². The molecular formula is C13H21N3O3. The normalized spacial score (nSPS) is 12.2. The summed E-state index contributed by atoms with van der Waals surface area (Å²) in [5.41, 5.74) is 12.5. The summed E-state index contributed by atoms with van der Waals surface area (Å²) in [6, 6.07) is 5.65. The number of amides is 1. The Balaban J connectivity index is 2.54. The smallest absolute Gasteiger partial charge is 0.404 e. The standard InChI is InChI=1S/C13H21N3O3/c1-9(19-13(15)17)7-16(2)8-10-4-5-12(18-3)11(14)6-10/h4-6,9H,7-8,14H2,1-3H3,(H2,15,17)/t9-/m1/s1. The lowest BCUT2D eigenvalue weighted by Gasteiger charge is -2.21. The van der Waals surface area contributed by atoms with Crippen molar-refractivity contribution in [2.45, 2.75) is 19.6 Å². The monoisotopic (exact) mass is 267 g/mol. The first-order chi connectivity index (χ1) is 8.92. The highest BCUT2D eigenvalue weighted by Gasteiger charge is 2.10. The quantitative estimate of drug-likeness (QED) is 0.756. The number of benzene rings is 1. The summed E-state index contributed by atoms with van der Waals surface area (Å²) in [7, 11) is 3.52. The maximum absolute atomic E-state index is 10.6. The summed E-state index contributed by atoms with van der Waals surface area (Å²) in [5, 5.41) is 0. The summed E-state index contributed by atoms with van der Waals surface area (Å²) in [6.45, 7) is 3.08. The van der Waals surface area contributed by atoms with Crippen molar-refractivity contribution >= 4 is 11.8 Å². The Hall–Kier alpha value is -1.95. The van der Waals surface area contributed by atoms with Gasteiger partial charge in [0.05, 0.1) is 12.8 Å². The van der Waals surface area contributed by atoms with Gasteiger partial charge in [0.15, 0.2) is 0 Å². The van der Waals surface area contributed by atoms with Gasteiger partial charge < -0.3 is 20.9 Å². The number of hydrogen-bond acceptors (Lipinski definition) is 5. The maximum atomic E-state index is 10.6.